The number of aromatic nitrogens is 1. The summed E-state index contributed by atoms with van der Waals surface area (Å²) in [7, 11) is 0. The molecular weight excluding hydrogens is 500 g/mol. The molecule has 0 N–H and O–H groups in total. The van der Waals surface area contributed by atoms with Crippen molar-refractivity contribution in [3.8, 4) is 0 Å². The molecule has 188 valence electrons. The van der Waals surface area contributed by atoms with Crippen LogP contribution in [0.1, 0.15) is 17.5 Å². The molecule has 0 unspecified atom stereocenters. The Bertz CT molecular complexity index is 1260. The van der Waals surface area contributed by atoms with Crippen LogP contribution in [0.4, 0.5) is 11.4 Å². The van der Waals surface area contributed by atoms with E-state index in [1.165, 1.54) is 11.1 Å². The number of allylic oxidation sites excluding steroid dienone is 3. The molecule has 2 heterocycles. The standard InChI is InChI=1S/C30H29ClN4OS/c31-25-8-13-29(37)28(19-25)30(36)34-17-15-33(16-18-34)26-9-11-27(12-10-26)35(21-23-5-2-1-3-6-23)22-24-7-4-14-32-20-24/h1-12,14,19-20H,13,15-18,21-22H2. The maximum Gasteiger partial charge on any atom is 0.255 e. The first-order chi connectivity index (χ1) is 18.1. The number of pyridine rings is 1. The molecular formula is C30H29ClN4OS. The van der Waals surface area contributed by atoms with Gasteiger partial charge in [-0.2, -0.15) is 0 Å². The fraction of sp³-hybridized carbons (Fsp3) is 0.233. The van der Waals surface area contributed by atoms with E-state index in [4.69, 9.17) is 23.8 Å². The first kappa shape index (κ1) is 25.2. The SMILES string of the molecule is O=C(C1=CC(Cl)=CCC1=S)N1CCN(c2ccc(N(Cc3ccccc3)Cc3cccnc3)cc2)CC1. The van der Waals surface area contributed by atoms with Gasteiger partial charge in [-0.25, -0.2) is 0 Å². The predicted molar refractivity (Wildman–Crippen MR) is 155 cm³/mol. The van der Waals surface area contributed by atoms with Crippen LogP contribution in [0, 0.1) is 0 Å². The third-order valence-corrected chi connectivity index (χ3v) is 7.40. The molecule has 0 spiro atoms. The van der Waals surface area contributed by atoms with Gasteiger partial charge in [-0.05, 0) is 47.5 Å². The number of piperazine rings is 1. The molecule has 0 atom stereocenters. The third-order valence-electron chi connectivity index (χ3n) is 6.75. The normalized spacial score (nSPS) is 15.8. The van der Waals surface area contributed by atoms with Crippen LogP contribution in [0.2, 0.25) is 0 Å². The molecule has 2 aromatic carbocycles. The van der Waals surface area contributed by atoms with Gasteiger partial charge < -0.3 is 14.7 Å². The Morgan fingerprint density at radius 2 is 1.62 bits per heavy atom. The van der Waals surface area contributed by atoms with Crippen molar-refractivity contribution in [1.82, 2.24) is 9.88 Å². The Hall–Kier alpha value is -3.48. The topological polar surface area (TPSA) is 39.7 Å². The van der Waals surface area contributed by atoms with Crippen molar-refractivity contribution in [2.24, 2.45) is 0 Å². The van der Waals surface area contributed by atoms with Gasteiger partial charge in [0.1, 0.15) is 0 Å². The molecule has 0 bridgehead atoms. The van der Waals surface area contributed by atoms with Crippen molar-refractivity contribution >= 4 is 46.0 Å². The monoisotopic (exact) mass is 528 g/mol. The molecule has 1 saturated heterocycles. The van der Waals surface area contributed by atoms with Crippen LogP contribution in [0.15, 0.2) is 102 Å². The van der Waals surface area contributed by atoms with E-state index in [-0.39, 0.29) is 5.91 Å². The minimum Gasteiger partial charge on any atom is -0.368 e. The lowest BCUT2D eigenvalue weighted by molar-refractivity contribution is -0.126. The molecule has 7 heteroatoms. The van der Waals surface area contributed by atoms with E-state index >= 15 is 0 Å². The van der Waals surface area contributed by atoms with Crippen molar-refractivity contribution in [2.75, 3.05) is 36.0 Å². The fourth-order valence-electron chi connectivity index (χ4n) is 4.73. The highest BCUT2D eigenvalue weighted by atomic mass is 35.5. The summed E-state index contributed by atoms with van der Waals surface area (Å²) in [6.45, 7) is 4.45. The van der Waals surface area contributed by atoms with Crippen LogP contribution in [0.3, 0.4) is 0 Å². The summed E-state index contributed by atoms with van der Waals surface area (Å²) in [5, 5.41) is 0.584. The van der Waals surface area contributed by atoms with Gasteiger partial charge in [-0.1, -0.05) is 66.3 Å². The Balaban J connectivity index is 1.25. The molecule has 0 radical (unpaired) electrons. The zero-order chi connectivity index (χ0) is 25.6. The smallest absolute Gasteiger partial charge is 0.255 e. The summed E-state index contributed by atoms with van der Waals surface area (Å²) < 4.78 is 0. The van der Waals surface area contributed by atoms with Gasteiger partial charge in [0.05, 0.1) is 5.57 Å². The van der Waals surface area contributed by atoms with E-state index < -0.39 is 0 Å². The van der Waals surface area contributed by atoms with E-state index in [0.717, 1.165) is 37.6 Å². The Morgan fingerprint density at radius 1 is 0.919 bits per heavy atom. The van der Waals surface area contributed by atoms with Gasteiger partial charge in [0.25, 0.3) is 5.91 Å². The highest BCUT2D eigenvalue weighted by Gasteiger charge is 2.26. The highest BCUT2D eigenvalue weighted by Crippen LogP contribution is 2.26. The maximum absolute atomic E-state index is 13.0. The van der Waals surface area contributed by atoms with Gasteiger partial charge in [0.2, 0.25) is 0 Å². The quantitative estimate of drug-likeness (QED) is 0.365. The largest absolute Gasteiger partial charge is 0.368 e. The van der Waals surface area contributed by atoms with E-state index in [0.29, 0.717) is 35.0 Å². The molecule has 1 aromatic heterocycles. The Labute approximate surface area is 228 Å². The molecule has 5 rings (SSSR count). The summed E-state index contributed by atoms with van der Waals surface area (Å²) in [5.41, 5.74) is 5.32. The third kappa shape index (κ3) is 6.27. The minimum atomic E-state index is -0.0156. The predicted octanol–water partition coefficient (Wildman–Crippen LogP) is 5.76. The second-order valence-electron chi connectivity index (χ2n) is 9.27. The number of thiocarbonyl (C=S) groups is 1. The van der Waals surface area contributed by atoms with Crippen molar-refractivity contribution < 1.29 is 4.79 Å². The molecule has 1 aliphatic heterocycles. The van der Waals surface area contributed by atoms with Gasteiger partial charge in [-0.15, -0.1) is 0 Å². The molecule has 0 saturated carbocycles. The van der Waals surface area contributed by atoms with Gasteiger partial charge in [-0.3, -0.25) is 9.78 Å². The van der Waals surface area contributed by atoms with Gasteiger partial charge >= 0.3 is 0 Å². The molecule has 3 aromatic rings. The maximum atomic E-state index is 13.0. The van der Waals surface area contributed by atoms with E-state index in [2.05, 4.69) is 69.4 Å². The number of carbonyl (C=O) groups excluding carboxylic acids is 1. The lowest BCUT2D eigenvalue weighted by Crippen LogP contribution is -2.49. The lowest BCUT2D eigenvalue weighted by Gasteiger charge is -2.37. The molecule has 5 nitrogen and oxygen atoms in total. The molecule has 37 heavy (non-hydrogen) atoms. The minimum absolute atomic E-state index is 0.0156. The number of halogens is 1. The number of hydrogen-bond acceptors (Lipinski definition) is 5. The summed E-state index contributed by atoms with van der Waals surface area (Å²) >= 11 is 11.5. The van der Waals surface area contributed by atoms with Crippen LogP contribution in [0.5, 0.6) is 0 Å². The molecule has 1 amide bonds. The van der Waals surface area contributed by atoms with Crippen molar-refractivity contribution in [1.29, 1.82) is 0 Å². The fourth-order valence-corrected chi connectivity index (χ4v) is 5.14. The summed E-state index contributed by atoms with van der Waals surface area (Å²) in [6, 6.07) is 23.3. The first-order valence-corrected chi connectivity index (χ1v) is 13.3. The van der Waals surface area contributed by atoms with Crippen molar-refractivity contribution in [3.63, 3.8) is 0 Å². The number of amides is 1. The lowest BCUT2D eigenvalue weighted by atomic mass is 10.0. The van der Waals surface area contributed by atoms with E-state index in [9.17, 15) is 4.79 Å². The number of hydrogen-bond donors (Lipinski definition) is 0. The van der Waals surface area contributed by atoms with Crippen molar-refractivity contribution in [3.05, 3.63) is 113 Å². The van der Waals surface area contributed by atoms with Crippen LogP contribution in [0.25, 0.3) is 0 Å². The first-order valence-electron chi connectivity index (χ1n) is 12.5. The zero-order valence-electron chi connectivity index (χ0n) is 20.6. The number of nitrogens with zero attached hydrogens (tertiary/aromatic N) is 4. The van der Waals surface area contributed by atoms with Gasteiger partial charge in [0, 0.05) is 79.4 Å². The van der Waals surface area contributed by atoms with Crippen LogP contribution >= 0.6 is 23.8 Å². The molecule has 2 aliphatic rings. The van der Waals surface area contributed by atoms with Crippen molar-refractivity contribution in [2.45, 2.75) is 19.5 Å². The molecule has 1 fully saturated rings. The number of anilines is 2. The average molecular weight is 529 g/mol. The van der Waals surface area contributed by atoms with Crippen LogP contribution in [-0.2, 0) is 17.9 Å². The number of rotatable bonds is 7. The van der Waals surface area contributed by atoms with Crippen LogP contribution < -0.4 is 9.80 Å². The van der Waals surface area contributed by atoms with E-state index in [1.54, 1.807) is 12.3 Å². The Morgan fingerprint density at radius 3 is 2.32 bits per heavy atom. The highest BCUT2D eigenvalue weighted by molar-refractivity contribution is 7.81. The summed E-state index contributed by atoms with van der Waals surface area (Å²) in [6.07, 6.45) is 7.83. The summed E-state index contributed by atoms with van der Waals surface area (Å²) in [4.78, 5) is 24.6. The van der Waals surface area contributed by atoms with Crippen LogP contribution in [-0.4, -0.2) is 46.8 Å². The second-order valence-corrected chi connectivity index (χ2v) is 10.2. The average Bonchev–Trinajstić information content (AvgIpc) is 2.95. The molecule has 1 aliphatic carbocycles. The van der Waals surface area contributed by atoms with Gasteiger partial charge in [0.15, 0.2) is 0 Å². The number of benzene rings is 2. The second kappa shape index (κ2) is 11.7. The zero-order valence-corrected chi connectivity index (χ0v) is 22.2. The summed E-state index contributed by atoms with van der Waals surface area (Å²) in [5.74, 6) is -0.0156. The van der Waals surface area contributed by atoms with E-state index in [1.807, 2.05) is 29.3 Å². The Kier molecular flexibility index (Phi) is 7.97. The number of carbonyl (C=O) groups is 1.